The monoisotopic (exact) mass is 1280 g/mol. The summed E-state index contributed by atoms with van der Waals surface area (Å²) < 4.78 is 2.31. The quantitative estimate of drug-likeness (QED) is 0.155. The lowest BCUT2D eigenvalue weighted by molar-refractivity contribution is 0.0834. The van der Waals surface area contributed by atoms with Gasteiger partial charge in [-0.2, -0.15) is 0 Å². The third-order valence-corrected chi connectivity index (χ3v) is 18.6. The zero-order valence-corrected chi connectivity index (χ0v) is 52.7. The SMILES string of the molecule is CC(C)(C)C1Cc2c(Cl)cccc2C1=O.CC(C)(C)C1Cc2c(I)cccc2C1=O.CC(C)CC1Cc2c(Br)cccc2C1=O.CC(C)CC1Cc2c(Cl)cccc2C1=O.O=C1c2cccc(Cl)c2CC1Cc1ccccc1. The van der Waals surface area contributed by atoms with Gasteiger partial charge >= 0.3 is 0 Å². The third-order valence-electron chi connectivity index (χ3n) is 15.8. The van der Waals surface area contributed by atoms with Crippen LogP contribution in [0.15, 0.2) is 126 Å². The van der Waals surface area contributed by atoms with E-state index in [2.05, 4.69) is 126 Å². The number of benzene rings is 6. The second kappa shape index (κ2) is 26.1. The highest BCUT2D eigenvalue weighted by molar-refractivity contribution is 14.1. The molecule has 78 heavy (non-hydrogen) atoms. The summed E-state index contributed by atoms with van der Waals surface area (Å²) in [4.78, 5) is 60.7. The summed E-state index contributed by atoms with van der Waals surface area (Å²) in [6.07, 6.45) is 6.96. The zero-order valence-electron chi connectivity index (χ0n) is 46.7. The largest absolute Gasteiger partial charge is 0.294 e. The Bertz CT molecular complexity index is 3040. The summed E-state index contributed by atoms with van der Waals surface area (Å²) in [6.45, 7) is 21.4. The van der Waals surface area contributed by atoms with Gasteiger partial charge in [0, 0.05) is 80.5 Å². The first kappa shape index (κ1) is 61.4. The van der Waals surface area contributed by atoms with E-state index in [4.69, 9.17) is 34.8 Å². The number of Topliss-reactive ketones (excluding diaryl/α,β-unsaturated/α-hetero) is 5. The lowest BCUT2D eigenvalue weighted by Gasteiger charge is -2.25. The van der Waals surface area contributed by atoms with Crippen LogP contribution in [-0.4, -0.2) is 28.9 Å². The Labute approximate surface area is 500 Å². The molecule has 0 aromatic heterocycles. The molecule has 0 fully saturated rings. The van der Waals surface area contributed by atoms with Gasteiger partial charge in [0.1, 0.15) is 0 Å². The molecule has 410 valence electrons. The van der Waals surface area contributed by atoms with Crippen molar-refractivity contribution in [1.82, 2.24) is 0 Å². The summed E-state index contributed by atoms with van der Waals surface area (Å²) in [6, 6.07) is 38.9. The molecular weight excluding hydrogens is 1210 g/mol. The summed E-state index contributed by atoms with van der Waals surface area (Å²) in [7, 11) is 0. The van der Waals surface area contributed by atoms with Crippen LogP contribution in [0.5, 0.6) is 0 Å². The first-order valence-corrected chi connectivity index (χ1v) is 30.4. The van der Waals surface area contributed by atoms with Crippen molar-refractivity contribution in [1.29, 1.82) is 0 Å². The van der Waals surface area contributed by atoms with Crippen LogP contribution in [0.1, 0.15) is 167 Å². The number of fused-ring (bicyclic) bond motifs is 5. The molecule has 0 N–H and O–H groups in total. The van der Waals surface area contributed by atoms with E-state index in [1.807, 2.05) is 103 Å². The molecule has 0 heterocycles. The Balaban J connectivity index is 0.000000142. The Morgan fingerprint density at radius 2 is 0.782 bits per heavy atom. The summed E-state index contributed by atoms with van der Waals surface area (Å²) >= 11 is 24.2. The van der Waals surface area contributed by atoms with Crippen LogP contribution in [-0.2, 0) is 38.5 Å². The number of rotatable bonds is 6. The second-order valence-corrected chi connectivity index (χ2v) is 27.8. The average molecular weight is 1280 g/mol. The molecule has 6 aromatic rings. The van der Waals surface area contributed by atoms with Gasteiger partial charge in [-0.05, 0) is 160 Å². The fraction of sp³-hybridized carbons (Fsp3) is 0.397. The fourth-order valence-electron chi connectivity index (χ4n) is 11.6. The van der Waals surface area contributed by atoms with Crippen molar-refractivity contribution in [2.75, 3.05) is 0 Å². The first-order chi connectivity index (χ1) is 36.8. The second-order valence-electron chi connectivity index (χ2n) is 24.5. The Morgan fingerprint density at radius 1 is 0.436 bits per heavy atom. The molecule has 0 saturated heterocycles. The highest BCUT2D eigenvalue weighted by Gasteiger charge is 2.41. The molecule has 5 aliphatic rings. The maximum absolute atomic E-state index is 12.3. The molecule has 0 radical (unpaired) electrons. The fourth-order valence-corrected chi connectivity index (χ4v) is 13.6. The van der Waals surface area contributed by atoms with E-state index in [1.165, 1.54) is 20.3 Å². The number of hydrogen-bond donors (Lipinski definition) is 0. The van der Waals surface area contributed by atoms with Crippen LogP contribution in [0.2, 0.25) is 15.1 Å². The van der Waals surface area contributed by atoms with E-state index < -0.39 is 0 Å². The summed E-state index contributed by atoms with van der Waals surface area (Å²) in [5, 5.41) is 2.19. The van der Waals surface area contributed by atoms with Crippen molar-refractivity contribution < 1.29 is 24.0 Å². The van der Waals surface area contributed by atoms with Gasteiger partial charge in [0.15, 0.2) is 28.9 Å². The average Bonchev–Trinajstić information content (AvgIpc) is 4.21. The van der Waals surface area contributed by atoms with Crippen molar-refractivity contribution in [3.63, 3.8) is 0 Å². The molecule has 0 spiro atoms. The van der Waals surface area contributed by atoms with Crippen molar-refractivity contribution in [3.05, 3.63) is 206 Å². The van der Waals surface area contributed by atoms with Crippen molar-refractivity contribution in [2.24, 2.45) is 52.3 Å². The zero-order chi connectivity index (χ0) is 57.0. The summed E-state index contributed by atoms with van der Waals surface area (Å²) in [5.74, 6) is 3.21. The van der Waals surface area contributed by atoms with E-state index in [0.717, 1.165) is 115 Å². The first-order valence-electron chi connectivity index (χ1n) is 27.4. The van der Waals surface area contributed by atoms with Gasteiger partial charge in [-0.3, -0.25) is 24.0 Å². The predicted octanol–water partition coefficient (Wildman–Crippen LogP) is 19.0. The van der Waals surface area contributed by atoms with Gasteiger partial charge in [-0.1, -0.05) is 211 Å². The topological polar surface area (TPSA) is 85.3 Å². The molecule has 10 heteroatoms. The molecule has 5 unspecified atom stereocenters. The lowest BCUT2D eigenvalue weighted by atomic mass is 9.78. The van der Waals surface area contributed by atoms with Gasteiger partial charge in [0.25, 0.3) is 0 Å². The highest BCUT2D eigenvalue weighted by Crippen LogP contribution is 2.42. The van der Waals surface area contributed by atoms with Crippen LogP contribution < -0.4 is 0 Å². The van der Waals surface area contributed by atoms with Crippen molar-refractivity contribution in [2.45, 2.75) is 121 Å². The molecule has 0 amide bonds. The Morgan fingerprint density at radius 3 is 1.18 bits per heavy atom. The summed E-state index contributed by atoms with van der Waals surface area (Å²) in [5.41, 5.74) is 11.2. The lowest BCUT2D eigenvalue weighted by Crippen LogP contribution is -2.25. The van der Waals surface area contributed by atoms with E-state index in [1.54, 1.807) is 0 Å². The Kier molecular flexibility index (Phi) is 20.5. The van der Waals surface area contributed by atoms with Gasteiger partial charge in [-0.15, -0.1) is 0 Å². The minimum atomic E-state index is 0.0133. The molecule has 0 aliphatic heterocycles. The number of ketones is 5. The smallest absolute Gasteiger partial charge is 0.167 e. The van der Waals surface area contributed by atoms with E-state index in [0.29, 0.717) is 23.4 Å². The number of hydrogen-bond acceptors (Lipinski definition) is 5. The number of halogens is 5. The van der Waals surface area contributed by atoms with Crippen molar-refractivity contribution in [3.8, 4) is 0 Å². The van der Waals surface area contributed by atoms with E-state index in [-0.39, 0.29) is 57.8 Å². The highest BCUT2D eigenvalue weighted by atomic mass is 127. The van der Waals surface area contributed by atoms with Crippen LogP contribution in [0.4, 0.5) is 0 Å². The third kappa shape index (κ3) is 14.4. The molecule has 6 aromatic carbocycles. The maximum atomic E-state index is 12.3. The molecule has 11 rings (SSSR count). The van der Waals surface area contributed by atoms with Gasteiger partial charge in [0.2, 0.25) is 0 Å². The normalized spacial score (nSPS) is 19.6. The van der Waals surface area contributed by atoms with Gasteiger partial charge in [0.05, 0.1) is 0 Å². The minimum absolute atomic E-state index is 0.0133. The molecule has 0 bridgehead atoms. The number of carbonyl (C=O) groups is 5. The maximum Gasteiger partial charge on any atom is 0.167 e. The molecule has 0 saturated carbocycles. The predicted molar refractivity (Wildman–Crippen MR) is 333 cm³/mol. The van der Waals surface area contributed by atoms with Gasteiger partial charge < -0.3 is 0 Å². The molecule has 5 atom stereocenters. The van der Waals surface area contributed by atoms with Crippen LogP contribution in [0.25, 0.3) is 0 Å². The Hall–Kier alpha value is -4.25. The van der Waals surface area contributed by atoms with Crippen LogP contribution in [0.3, 0.4) is 0 Å². The van der Waals surface area contributed by atoms with Crippen LogP contribution in [0, 0.1) is 55.8 Å². The molecular formula is C68H73BrCl3IO5. The van der Waals surface area contributed by atoms with Crippen LogP contribution >= 0.6 is 73.3 Å². The van der Waals surface area contributed by atoms with E-state index in [9.17, 15) is 24.0 Å². The van der Waals surface area contributed by atoms with Crippen molar-refractivity contribution >= 4 is 102 Å². The van der Waals surface area contributed by atoms with E-state index >= 15 is 0 Å². The standard InChI is InChI=1S/C16H13ClO.C13H15BrO.2C13H15ClO.C13H15IO/c17-15-8-4-7-13-14(15)10-12(16(13)18)9-11-5-2-1-3-6-11;1-8(2)6-9-7-11-10(13(9)15)4-3-5-12(11)14;1-13(2,3)10-7-9-8(12(10)15)5-4-6-11(9)14;1-8(2)6-9-7-11-10(13(9)15)4-3-5-12(11)14;1-13(2,3)10-7-9-8(12(10)15)5-4-6-11(9)14/h1-8,12H,9-10H2;3-5,8-9H,6-7H2,1-2H3;4-6,10H,7H2,1-3H3;3-5,8-9H,6-7H2,1-2H3;4-6,10H,7H2,1-3H3. The van der Waals surface area contributed by atoms with Gasteiger partial charge in [-0.25, -0.2) is 0 Å². The minimum Gasteiger partial charge on any atom is -0.294 e. The number of carbonyl (C=O) groups excluding carboxylic acids is 5. The molecule has 5 nitrogen and oxygen atoms in total. The molecule has 5 aliphatic carbocycles.